The maximum atomic E-state index is 15.3. The predicted molar refractivity (Wildman–Crippen MR) is 225 cm³/mol. The number of hydrogen-bond acceptors (Lipinski definition) is 12. The molecule has 15 nitrogen and oxygen atoms in total. The molecule has 1 saturated carbocycles. The fraction of sp³-hybridized carbons (Fsp3) is 0.545. The van der Waals surface area contributed by atoms with Gasteiger partial charge in [0, 0.05) is 57.3 Å². The number of carbonyl (C=O) groups is 4. The number of alkyl halides is 2. The van der Waals surface area contributed by atoms with E-state index < -0.39 is 36.4 Å². The topological polar surface area (TPSA) is 173 Å². The standard InChI is InChI=1S/C44H54F3N9O6/c1-53-35-24-48-43(52-39(35)56(30-5-3-4-6-30)25-44(46,47)42(53)61)50-33-10-7-28(23-36(33)62-2)40(59)49-29-15-19-55(20-16-29)38(58)21-26-13-17-54(18-14-26)34-11-8-27(22-32(34)45)31-9-12-37(57)51-41(31)60/h7-8,10-11,22-24,26,29-31,38,58H,3-6,9,12-21,25H2,1-2H3,(H,49,59)(H,48,50,52)(H,51,57,60). The van der Waals surface area contributed by atoms with Gasteiger partial charge >= 0.3 is 5.92 Å². The molecule has 4 amide bonds. The lowest BCUT2D eigenvalue weighted by Crippen LogP contribution is -2.48. The fourth-order valence-corrected chi connectivity index (χ4v) is 9.64. The molecule has 3 saturated heterocycles. The van der Waals surface area contributed by atoms with Crippen LogP contribution in [0.15, 0.2) is 42.6 Å². The maximum Gasteiger partial charge on any atom is 0.342 e. The Balaban J connectivity index is 0.815. The Morgan fingerprint density at radius 3 is 2.42 bits per heavy atom. The Morgan fingerprint density at radius 1 is 0.984 bits per heavy atom. The van der Waals surface area contributed by atoms with E-state index in [-0.39, 0.29) is 59.5 Å². The van der Waals surface area contributed by atoms with Crippen molar-refractivity contribution in [3.63, 3.8) is 0 Å². The number of fused-ring (bicyclic) bond motifs is 1. The summed E-state index contributed by atoms with van der Waals surface area (Å²) in [6, 6.07) is 9.54. The number of imide groups is 1. The molecule has 4 N–H and O–H groups in total. The summed E-state index contributed by atoms with van der Waals surface area (Å²) < 4.78 is 51.0. The second-order valence-electron chi connectivity index (χ2n) is 17.2. The van der Waals surface area contributed by atoms with Crippen molar-refractivity contribution in [3.8, 4) is 5.75 Å². The van der Waals surface area contributed by atoms with Crippen LogP contribution in [0, 0.1) is 11.7 Å². The molecule has 18 heteroatoms. The molecule has 332 valence electrons. The van der Waals surface area contributed by atoms with Gasteiger partial charge in [-0.1, -0.05) is 18.9 Å². The number of nitrogens with zero attached hydrogens (tertiary/aromatic N) is 6. The molecule has 1 aliphatic carbocycles. The monoisotopic (exact) mass is 861 g/mol. The summed E-state index contributed by atoms with van der Waals surface area (Å²) in [6.45, 7) is 1.75. The molecule has 62 heavy (non-hydrogen) atoms. The molecule has 2 aromatic carbocycles. The van der Waals surface area contributed by atoms with Crippen LogP contribution in [-0.4, -0.2) is 115 Å². The van der Waals surface area contributed by atoms with Gasteiger partial charge < -0.3 is 35.2 Å². The summed E-state index contributed by atoms with van der Waals surface area (Å²) in [5, 5.41) is 19.7. The molecule has 3 aromatic rings. The van der Waals surface area contributed by atoms with E-state index in [2.05, 4.69) is 25.9 Å². The quantitative estimate of drug-likeness (QED) is 0.189. The molecule has 2 atom stereocenters. The number of aliphatic hydroxyl groups excluding tert-OH is 1. The number of nitrogens with one attached hydrogen (secondary N) is 3. The Morgan fingerprint density at radius 2 is 1.73 bits per heavy atom. The normalized spacial score (nSPS) is 22.3. The van der Waals surface area contributed by atoms with Crippen molar-refractivity contribution < 1.29 is 42.2 Å². The van der Waals surface area contributed by atoms with E-state index in [4.69, 9.17) is 4.74 Å². The molecule has 8 rings (SSSR count). The second kappa shape index (κ2) is 18.1. The minimum absolute atomic E-state index is 0.0950. The molecule has 5 heterocycles. The third kappa shape index (κ3) is 9.16. The van der Waals surface area contributed by atoms with Gasteiger partial charge in [0.05, 0.1) is 37.1 Å². The number of amides is 4. The third-order valence-electron chi connectivity index (χ3n) is 13.2. The van der Waals surface area contributed by atoms with Gasteiger partial charge in [0.25, 0.3) is 11.8 Å². The zero-order chi connectivity index (χ0) is 43.7. The zero-order valence-electron chi connectivity index (χ0n) is 35.0. The van der Waals surface area contributed by atoms with Crippen molar-refractivity contribution in [2.75, 3.05) is 66.9 Å². The lowest BCUT2D eigenvalue weighted by atomic mass is 9.89. The molecular weight excluding hydrogens is 808 g/mol. The van der Waals surface area contributed by atoms with Crippen molar-refractivity contribution >= 4 is 52.5 Å². The molecule has 4 aliphatic heterocycles. The highest BCUT2D eigenvalue weighted by atomic mass is 19.3. The third-order valence-corrected chi connectivity index (χ3v) is 13.2. The fourth-order valence-electron chi connectivity index (χ4n) is 9.64. The zero-order valence-corrected chi connectivity index (χ0v) is 35.0. The van der Waals surface area contributed by atoms with Crippen molar-refractivity contribution in [3.05, 3.63) is 59.5 Å². The van der Waals surface area contributed by atoms with E-state index in [0.717, 1.165) is 43.4 Å². The van der Waals surface area contributed by atoms with Crippen LogP contribution in [0.4, 0.5) is 42.0 Å². The number of benzene rings is 2. The summed E-state index contributed by atoms with van der Waals surface area (Å²) in [4.78, 5) is 65.4. The van der Waals surface area contributed by atoms with Crippen molar-refractivity contribution in [1.29, 1.82) is 0 Å². The van der Waals surface area contributed by atoms with E-state index in [9.17, 15) is 24.3 Å². The second-order valence-corrected chi connectivity index (χ2v) is 17.2. The first-order chi connectivity index (χ1) is 29.8. The van der Waals surface area contributed by atoms with Crippen LogP contribution in [0.5, 0.6) is 5.75 Å². The van der Waals surface area contributed by atoms with Crippen molar-refractivity contribution in [1.82, 2.24) is 25.5 Å². The number of carbonyl (C=O) groups excluding carboxylic acids is 4. The molecular formula is C44H54F3N9O6. The lowest BCUT2D eigenvalue weighted by Gasteiger charge is -2.39. The first kappa shape index (κ1) is 43.2. The molecule has 4 fully saturated rings. The summed E-state index contributed by atoms with van der Waals surface area (Å²) >= 11 is 0. The minimum atomic E-state index is -3.59. The van der Waals surface area contributed by atoms with Crippen LogP contribution in [0.3, 0.4) is 0 Å². The Hall–Kier alpha value is -5.49. The number of rotatable bonds is 11. The van der Waals surface area contributed by atoms with Gasteiger partial charge in [0.15, 0.2) is 5.82 Å². The number of anilines is 5. The molecule has 0 spiro atoms. The first-order valence-electron chi connectivity index (χ1n) is 21.6. The highest BCUT2D eigenvalue weighted by molar-refractivity contribution is 6.02. The largest absolute Gasteiger partial charge is 0.495 e. The van der Waals surface area contributed by atoms with Gasteiger partial charge in [0.2, 0.25) is 17.8 Å². The SMILES string of the molecule is COc1cc(C(=O)NC2CCN(C(O)CC3CCN(c4ccc(C5CCC(=O)NC5=O)cc4F)CC3)CC2)ccc1Nc1ncc2c(n1)N(C1CCCC1)CC(F)(F)C(=O)N2C. The Bertz CT molecular complexity index is 2170. The number of halogens is 3. The van der Waals surface area contributed by atoms with Gasteiger partial charge in [-0.2, -0.15) is 13.8 Å². The van der Waals surface area contributed by atoms with E-state index in [1.165, 1.54) is 31.3 Å². The van der Waals surface area contributed by atoms with E-state index >= 15 is 13.2 Å². The first-order valence-corrected chi connectivity index (χ1v) is 21.6. The Kier molecular flexibility index (Phi) is 12.6. The maximum absolute atomic E-state index is 15.3. The van der Waals surface area contributed by atoms with Crippen LogP contribution in [0.1, 0.15) is 92.5 Å². The minimum Gasteiger partial charge on any atom is -0.495 e. The van der Waals surface area contributed by atoms with Gasteiger partial charge in [-0.15, -0.1) is 0 Å². The van der Waals surface area contributed by atoms with Gasteiger partial charge in [-0.3, -0.25) is 29.4 Å². The average Bonchev–Trinajstić information content (AvgIpc) is 3.79. The molecule has 0 bridgehead atoms. The smallest absolute Gasteiger partial charge is 0.342 e. The lowest BCUT2D eigenvalue weighted by molar-refractivity contribution is -0.140. The van der Waals surface area contributed by atoms with Gasteiger partial charge in [0.1, 0.15) is 23.5 Å². The molecule has 5 aliphatic rings. The number of hydrogen-bond donors (Lipinski definition) is 4. The summed E-state index contributed by atoms with van der Waals surface area (Å²) in [5.41, 5.74) is 2.10. The van der Waals surface area contributed by atoms with Crippen molar-refractivity contribution in [2.24, 2.45) is 5.92 Å². The number of methoxy groups -OCH3 is 1. The van der Waals surface area contributed by atoms with E-state index in [1.807, 2.05) is 9.80 Å². The molecule has 2 unspecified atom stereocenters. The van der Waals surface area contributed by atoms with Gasteiger partial charge in [-0.25, -0.2) is 9.37 Å². The number of likely N-dealkylation sites (tertiary alicyclic amines) is 1. The highest BCUT2D eigenvalue weighted by Crippen LogP contribution is 2.40. The van der Waals surface area contributed by atoms with Crippen LogP contribution in [-0.2, 0) is 14.4 Å². The number of ether oxygens (including phenoxy) is 1. The summed E-state index contributed by atoms with van der Waals surface area (Å²) in [5.74, 6) is -5.79. The van der Waals surface area contributed by atoms with E-state index in [1.54, 1.807) is 30.3 Å². The highest BCUT2D eigenvalue weighted by Gasteiger charge is 2.49. The van der Waals surface area contributed by atoms with E-state index in [0.29, 0.717) is 80.1 Å². The van der Waals surface area contributed by atoms with Crippen LogP contribution in [0.25, 0.3) is 0 Å². The predicted octanol–water partition coefficient (Wildman–Crippen LogP) is 5.07. The summed E-state index contributed by atoms with van der Waals surface area (Å²) in [7, 11) is 2.78. The number of piperidine rings is 3. The van der Waals surface area contributed by atoms with Crippen molar-refractivity contribution in [2.45, 2.75) is 101 Å². The van der Waals surface area contributed by atoms with Crippen LogP contribution in [0.2, 0.25) is 0 Å². The van der Waals surface area contributed by atoms with Gasteiger partial charge in [-0.05, 0) is 93.2 Å². The van der Waals surface area contributed by atoms with Crippen LogP contribution >= 0.6 is 0 Å². The van der Waals surface area contributed by atoms with Crippen LogP contribution < -0.4 is 35.4 Å². The molecule has 1 aromatic heterocycles. The average molecular weight is 862 g/mol. The number of aromatic nitrogens is 2. The summed E-state index contributed by atoms with van der Waals surface area (Å²) in [6.07, 6.45) is 8.12. The Labute approximate surface area is 358 Å². The number of aliphatic hydroxyl groups is 1. The molecule has 0 radical (unpaired) electrons.